The highest BCUT2D eigenvalue weighted by Gasteiger charge is 2.23. The third-order valence-corrected chi connectivity index (χ3v) is 11.0. The summed E-state index contributed by atoms with van der Waals surface area (Å²) >= 11 is 0. The lowest BCUT2D eigenvalue weighted by atomic mass is 10.0. The van der Waals surface area contributed by atoms with Gasteiger partial charge in [-0.2, -0.15) is 0 Å². The first-order chi connectivity index (χ1) is 26.5. The number of aliphatic hydroxyl groups is 1. The van der Waals surface area contributed by atoms with Gasteiger partial charge >= 0.3 is 0 Å². The van der Waals surface area contributed by atoms with Crippen LogP contribution in [0.25, 0.3) is 0 Å². The van der Waals surface area contributed by atoms with Gasteiger partial charge in [0.25, 0.3) is 7.82 Å². The normalized spacial score (nSPS) is 14.7. The molecule has 0 aromatic rings. The van der Waals surface area contributed by atoms with Crippen LogP contribution in [0.15, 0.2) is 36.5 Å². The number of rotatable bonds is 41. The Morgan fingerprint density at radius 3 is 1.55 bits per heavy atom. The maximum Gasteiger partial charge on any atom is 0.268 e. The Kier molecular flexibility index (Phi) is 37.4. The second-order valence-corrected chi connectivity index (χ2v) is 18.2. The molecule has 2 N–H and O–H groups in total. The summed E-state index contributed by atoms with van der Waals surface area (Å²) in [4.78, 5) is 25.2. The molecule has 1 amide bonds. The van der Waals surface area contributed by atoms with Crippen molar-refractivity contribution in [1.29, 1.82) is 0 Å². The number of nitrogens with zero attached hydrogens (tertiary/aromatic N) is 1. The molecule has 0 heterocycles. The molecule has 0 fully saturated rings. The van der Waals surface area contributed by atoms with Crippen molar-refractivity contribution in [2.75, 3.05) is 40.9 Å². The fourth-order valence-corrected chi connectivity index (χ4v) is 7.13. The van der Waals surface area contributed by atoms with Crippen LogP contribution >= 0.6 is 7.82 Å². The van der Waals surface area contributed by atoms with Crippen LogP contribution < -0.4 is 10.2 Å². The molecule has 55 heavy (non-hydrogen) atoms. The molecule has 0 aromatic heterocycles. The van der Waals surface area contributed by atoms with Gasteiger partial charge in [0, 0.05) is 6.42 Å². The molecule has 0 saturated carbocycles. The lowest BCUT2D eigenvalue weighted by Gasteiger charge is -2.29. The van der Waals surface area contributed by atoms with Crippen LogP contribution in [0.1, 0.15) is 200 Å². The molecule has 3 unspecified atom stereocenters. The summed E-state index contributed by atoms with van der Waals surface area (Å²) < 4.78 is 23.1. The fourth-order valence-electron chi connectivity index (χ4n) is 6.41. The van der Waals surface area contributed by atoms with E-state index in [-0.39, 0.29) is 12.5 Å². The molecule has 0 rings (SSSR count). The Morgan fingerprint density at radius 1 is 0.618 bits per heavy atom. The van der Waals surface area contributed by atoms with Crippen molar-refractivity contribution in [2.24, 2.45) is 0 Å². The number of phosphoric ester groups is 1. The maximum absolute atomic E-state index is 12.8. The summed E-state index contributed by atoms with van der Waals surface area (Å²) in [5, 5.41) is 13.7. The molecule has 0 aliphatic rings. The third kappa shape index (κ3) is 40.7. The van der Waals surface area contributed by atoms with Gasteiger partial charge in [-0.15, -0.1) is 0 Å². The number of hydrogen-bond acceptors (Lipinski definition) is 6. The molecule has 324 valence electrons. The summed E-state index contributed by atoms with van der Waals surface area (Å²) in [5.74, 6) is -0.220. The van der Waals surface area contributed by atoms with E-state index >= 15 is 0 Å². The highest BCUT2D eigenvalue weighted by molar-refractivity contribution is 7.45. The van der Waals surface area contributed by atoms with Gasteiger partial charge in [0.15, 0.2) is 0 Å². The van der Waals surface area contributed by atoms with Gasteiger partial charge < -0.3 is 28.8 Å². The van der Waals surface area contributed by atoms with Crippen LogP contribution in [0.4, 0.5) is 0 Å². The first-order valence-corrected chi connectivity index (χ1v) is 24.3. The molecular formula is C46H89N2O6P. The molecule has 0 bridgehead atoms. The molecule has 8 nitrogen and oxygen atoms in total. The molecule has 0 saturated heterocycles. The van der Waals surface area contributed by atoms with Crippen molar-refractivity contribution in [1.82, 2.24) is 5.32 Å². The number of phosphoric acid groups is 1. The molecule has 0 aromatic carbocycles. The third-order valence-electron chi connectivity index (χ3n) is 10.1. The Labute approximate surface area is 340 Å². The maximum atomic E-state index is 12.8. The number of nitrogens with one attached hydrogen (secondary N) is 1. The Hall–Kier alpha value is -1.28. The number of amides is 1. The highest BCUT2D eigenvalue weighted by atomic mass is 31.2. The van der Waals surface area contributed by atoms with Crippen molar-refractivity contribution < 1.29 is 32.9 Å². The predicted octanol–water partition coefficient (Wildman–Crippen LogP) is 12.1. The summed E-state index contributed by atoms with van der Waals surface area (Å²) in [6.45, 7) is 4.55. The van der Waals surface area contributed by atoms with Crippen LogP contribution in [0, 0.1) is 0 Å². The van der Waals surface area contributed by atoms with E-state index in [0.717, 1.165) is 64.2 Å². The molecule has 0 spiro atoms. The number of aliphatic hydroxyl groups excluding tert-OH is 1. The zero-order chi connectivity index (χ0) is 40.7. The Bertz CT molecular complexity index is 995. The summed E-state index contributed by atoms with van der Waals surface area (Å²) in [6.07, 6.45) is 46.4. The van der Waals surface area contributed by atoms with E-state index in [2.05, 4.69) is 43.5 Å². The number of quaternary nitrogens is 1. The second kappa shape index (κ2) is 38.2. The van der Waals surface area contributed by atoms with Crippen LogP contribution in [0.5, 0.6) is 0 Å². The van der Waals surface area contributed by atoms with Crippen molar-refractivity contribution >= 4 is 13.7 Å². The topological polar surface area (TPSA) is 108 Å². The molecule has 9 heteroatoms. The first kappa shape index (κ1) is 53.7. The van der Waals surface area contributed by atoms with Gasteiger partial charge in [0.2, 0.25) is 5.91 Å². The number of unbranched alkanes of at least 4 members (excludes halogenated alkanes) is 24. The molecule has 0 aliphatic carbocycles. The van der Waals surface area contributed by atoms with E-state index < -0.39 is 26.6 Å². The highest BCUT2D eigenvalue weighted by Crippen LogP contribution is 2.38. The number of allylic oxidation sites excluding steroid dienone is 5. The van der Waals surface area contributed by atoms with E-state index in [4.69, 9.17) is 9.05 Å². The van der Waals surface area contributed by atoms with Crippen molar-refractivity contribution in [2.45, 2.75) is 212 Å². The van der Waals surface area contributed by atoms with Crippen molar-refractivity contribution in [3.05, 3.63) is 36.5 Å². The van der Waals surface area contributed by atoms with Gasteiger partial charge in [-0.05, 0) is 51.4 Å². The van der Waals surface area contributed by atoms with E-state index in [1.54, 1.807) is 6.08 Å². The van der Waals surface area contributed by atoms with Gasteiger partial charge in [-0.3, -0.25) is 9.36 Å². The second-order valence-electron chi connectivity index (χ2n) is 16.7. The minimum atomic E-state index is -4.59. The van der Waals surface area contributed by atoms with Crippen molar-refractivity contribution in [3.63, 3.8) is 0 Å². The number of hydrogen-bond donors (Lipinski definition) is 2. The Morgan fingerprint density at radius 2 is 1.05 bits per heavy atom. The molecule has 0 radical (unpaired) electrons. The molecular weight excluding hydrogens is 707 g/mol. The quantitative estimate of drug-likeness (QED) is 0.0276. The smallest absolute Gasteiger partial charge is 0.268 e. The molecule has 0 aliphatic heterocycles. The van der Waals surface area contributed by atoms with Crippen molar-refractivity contribution in [3.8, 4) is 0 Å². The van der Waals surface area contributed by atoms with Gasteiger partial charge in [0.05, 0.1) is 39.9 Å². The number of likely N-dealkylation sites (N-methyl/N-ethyl adjacent to an activating group) is 1. The van der Waals surface area contributed by atoms with E-state index in [9.17, 15) is 19.4 Å². The Balaban J connectivity index is 4.33. The van der Waals surface area contributed by atoms with Gasteiger partial charge in [0.1, 0.15) is 13.2 Å². The SMILES string of the molecule is CCC/C=C\CCCCCCCC(=O)NC(COP(=O)([O-])OCC[N+](C)(C)C)C(O)/C=C/CC/C=C/CCCCCCCCCCCCCCCCCCC. The minimum Gasteiger partial charge on any atom is -0.756 e. The van der Waals surface area contributed by atoms with Gasteiger partial charge in [-0.25, -0.2) is 0 Å². The van der Waals surface area contributed by atoms with Crippen LogP contribution in [0.2, 0.25) is 0 Å². The predicted molar refractivity (Wildman–Crippen MR) is 233 cm³/mol. The zero-order valence-electron chi connectivity index (χ0n) is 36.6. The van der Waals surface area contributed by atoms with Gasteiger partial charge in [-0.1, -0.05) is 179 Å². The lowest BCUT2D eigenvalue weighted by Crippen LogP contribution is -2.45. The summed E-state index contributed by atoms with van der Waals surface area (Å²) in [7, 11) is 1.24. The van der Waals surface area contributed by atoms with E-state index in [1.807, 2.05) is 27.2 Å². The zero-order valence-corrected chi connectivity index (χ0v) is 37.5. The van der Waals surface area contributed by atoms with E-state index in [0.29, 0.717) is 17.4 Å². The summed E-state index contributed by atoms with van der Waals surface area (Å²) in [6, 6.07) is -0.904. The number of carbonyl (C=O) groups excluding carboxylic acids is 1. The lowest BCUT2D eigenvalue weighted by molar-refractivity contribution is -0.870. The molecule has 3 atom stereocenters. The average molecular weight is 797 g/mol. The average Bonchev–Trinajstić information content (AvgIpc) is 3.13. The number of carbonyl (C=O) groups is 1. The first-order valence-electron chi connectivity index (χ1n) is 22.9. The largest absolute Gasteiger partial charge is 0.756 e. The fraction of sp³-hybridized carbons (Fsp3) is 0.848. The van der Waals surface area contributed by atoms with Crippen LogP contribution in [-0.4, -0.2) is 68.5 Å². The summed E-state index contributed by atoms with van der Waals surface area (Å²) in [5.41, 5.74) is 0. The van der Waals surface area contributed by atoms with E-state index in [1.165, 1.54) is 116 Å². The minimum absolute atomic E-state index is 0.00812. The van der Waals surface area contributed by atoms with Crippen LogP contribution in [-0.2, 0) is 18.4 Å². The standard InChI is InChI=1S/C46H89N2O6P/c1-6-8-10-12-14-16-18-19-20-21-22-23-24-25-26-27-28-29-30-31-33-35-37-39-45(49)44(43-54-55(51,52)53-42-41-48(3,4)5)47-46(50)40-38-36-34-32-17-15-13-11-9-7-2/h11,13,30-31,37,39,44-45,49H,6-10,12,14-29,32-36,38,40-43H2,1-5H3,(H-,47,50,51,52)/b13-11-,31-30+,39-37+. The monoisotopic (exact) mass is 797 g/mol. The van der Waals surface area contributed by atoms with Crippen LogP contribution in [0.3, 0.4) is 0 Å².